The predicted molar refractivity (Wildman–Crippen MR) is 119 cm³/mol. The van der Waals surface area contributed by atoms with Gasteiger partial charge in [-0.05, 0) is 54.2 Å². The van der Waals surface area contributed by atoms with Gasteiger partial charge in [-0.1, -0.05) is 27.5 Å². The highest BCUT2D eigenvalue weighted by Crippen LogP contribution is 2.38. The lowest BCUT2D eigenvalue weighted by molar-refractivity contribution is -0.121. The van der Waals surface area contributed by atoms with Gasteiger partial charge in [0.05, 0.1) is 35.4 Å². The summed E-state index contributed by atoms with van der Waals surface area (Å²) in [5.74, 6) is -0.112. The molecule has 1 amide bonds. The van der Waals surface area contributed by atoms with Gasteiger partial charge < -0.3 is 9.47 Å². The molecule has 29 heavy (non-hydrogen) atoms. The zero-order chi connectivity index (χ0) is 21.1. The van der Waals surface area contributed by atoms with E-state index in [9.17, 15) is 9.59 Å². The van der Waals surface area contributed by atoms with Crippen molar-refractivity contribution in [3.05, 3.63) is 61.9 Å². The number of likely N-dealkylation sites (N-methyl/N-ethyl adjacent to an activating group) is 1. The first-order valence-electron chi connectivity index (χ1n) is 8.31. The molecule has 0 unspecified atom stereocenters. The molecule has 9 heteroatoms. The van der Waals surface area contributed by atoms with Gasteiger partial charge in [-0.15, -0.1) is 0 Å². The smallest absolute Gasteiger partial charge is 0.337 e. The minimum absolute atomic E-state index is 0.182. The number of hydrogen-bond acceptors (Lipinski definition) is 6. The van der Waals surface area contributed by atoms with Crippen LogP contribution < -0.4 is 4.74 Å². The second-order valence-corrected chi connectivity index (χ2v) is 8.25. The van der Waals surface area contributed by atoms with Crippen molar-refractivity contribution < 1.29 is 19.1 Å². The quantitative estimate of drug-likeness (QED) is 0.434. The van der Waals surface area contributed by atoms with Crippen LogP contribution in [0.2, 0.25) is 5.02 Å². The van der Waals surface area contributed by atoms with Crippen LogP contribution in [0.5, 0.6) is 5.75 Å². The van der Waals surface area contributed by atoms with Crippen molar-refractivity contribution in [1.82, 2.24) is 4.90 Å². The number of nitrogens with zero attached hydrogens (tertiary/aromatic N) is 2. The Bertz CT molecular complexity index is 1040. The van der Waals surface area contributed by atoms with Crippen molar-refractivity contribution in [1.29, 1.82) is 0 Å². The predicted octanol–water partition coefficient (Wildman–Crippen LogP) is 5.13. The summed E-state index contributed by atoms with van der Waals surface area (Å²) in [4.78, 5) is 30.7. The van der Waals surface area contributed by atoms with E-state index in [4.69, 9.17) is 16.3 Å². The topological polar surface area (TPSA) is 68.2 Å². The maximum atomic E-state index is 12.7. The fourth-order valence-electron chi connectivity index (χ4n) is 2.60. The van der Waals surface area contributed by atoms with E-state index < -0.39 is 5.97 Å². The standard InChI is InChI=1S/C20H16BrClN2O4S/c1-24-18(25)16(9-12-8-13(21)10-15(22)17(12)27-2)29-20(24)23-14-6-4-11(5-7-14)19(26)28-3/h4-10H,1-3H3/b16-9-,23-20?. The van der Waals surface area contributed by atoms with Crippen LogP contribution in [-0.2, 0) is 9.53 Å². The van der Waals surface area contributed by atoms with Crippen molar-refractivity contribution in [2.45, 2.75) is 0 Å². The van der Waals surface area contributed by atoms with Gasteiger partial charge >= 0.3 is 5.97 Å². The van der Waals surface area contributed by atoms with Crippen LogP contribution in [0.1, 0.15) is 15.9 Å². The molecule has 1 fully saturated rings. The maximum absolute atomic E-state index is 12.7. The number of aliphatic imine (C=N–C) groups is 1. The largest absolute Gasteiger partial charge is 0.495 e. The molecule has 1 aliphatic rings. The Balaban J connectivity index is 1.91. The Hall–Kier alpha value is -2.29. The highest BCUT2D eigenvalue weighted by molar-refractivity contribution is 9.10. The number of ether oxygens (including phenoxy) is 2. The summed E-state index contributed by atoms with van der Waals surface area (Å²) in [6.07, 6.45) is 1.72. The molecule has 2 aromatic rings. The third kappa shape index (κ3) is 4.66. The lowest BCUT2D eigenvalue weighted by Crippen LogP contribution is -2.23. The molecule has 1 heterocycles. The van der Waals surface area contributed by atoms with Crippen LogP contribution in [0.15, 0.2) is 50.8 Å². The number of hydrogen-bond donors (Lipinski definition) is 0. The summed E-state index contributed by atoms with van der Waals surface area (Å²) >= 11 is 10.9. The summed E-state index contributed by atoms with van der Waals surface area (Å²) in [6, 6.07) is 10.2. The molecule has 1 saturated heterocycles. The van der Waals surface area contributed by atoms with Crippen LogP contribution in [0, 0.1) is 0 Å². The summed E-state index contributed by atoms with van der Waals surface area (Å²) in [5, 5.41) is 0.962. The van der Waals surface area contributed by atoms with Crippen molar-refractivity contribution in [2.24, 2.45) is 4.99 Å². The monoisotopic (exact) mass is 494 g/mol. The van der Waals surface area contributed by atoms with Gasteiger partial charge in [-0.3, -0.25) is 9.69 Å². The average molecular weight is 496 g/mol. The molecule has 6 nitrogen and oxygen atoms in total. The van der Waals surface area contributed by atoms with E-state index in [0.29, 0.717) is 37.7 Å². The molecule has 0 radical (unpaired) electrons. The number of methoxy groups -OCH3 is 2. The normalized spacial score (nSPS) is 16.6. The van der Waals surface area contributed by atoms with Gasteiger partial charge in [0.15, 0.2) is 5.17 Å². The van der Waals surface area contributed by atoms with E-state index in [1.54, 1.807) is 43.5 Å². The Morgan fingerprint density at radius 3 is 2.55 bits per heavy atom. The lowest BCUT2D eigenvalue weighted by atomic mass is 10.2. The molecule has 0 saturated carbocycles. The summed E-state index contributed by atoms with van der Waals surface area (Å²) in [5.41, 5.74) is 1.73. The first-order chi connectivity index (χ1) is 13.8. The van der Waals surface area contributed by atoms with Crippen molar-refractivity contribution >= 4 is 68.1 Å². The van der Waals surface area contributed by atoms with E-state index in [1.807, 2.05) is 6.07 Å². The minimum atomic E-state index is -0.418. The molecule has 0 bridgehead atoms. The first kappa shape index (κ1) is 21.4. The molecule has 150 valence electrons. The van der Waals surface area contributed by atoms with Gasteiger partial charge in [0, 0.05) is 17.1 Å². The number of thioether (sulfide) groups is 1. The molecular weight excluding hydrogens is 480 g/mol. The van der Waals surface area contributed by atoms with E-state index in [-0.39, 0.29) is 5.91 Å². The SMILES string of the molecule is COC(=O)c1ccc(N=C2S/C(=C\c3cc(Br)cc(Cl)c3OC)C(=O)N2C)cc1. The molecule has 0 atom stereocenters. The minimum Gasteiger partial charge on any atom is -0.495 e. The molecule has 0 spiro atoms. The molecule has 2 aromatic carbocycles. The molecule has 0 aliphatic carbocycles. The van der Waals surface area contributed by atoms with Crippen molar-refractivity contribution in [2.75, 3.05) is 21.3 Å². The van der Waals surface area contributed by atoms with Crippen LogP contribution in [0.25, 0.3) is 6.08 Å². The van der Waals surface area contributed by atoms with Gasteiger partial charge in [0.2, 0.25) is 0 Å². The van der Waals surface area contributed by atoms with Crippen LogP contribution in [-0.4, -0.2) is 43.2 Å². The summed E-state index contributed by atoms with van der Waals surface area (Å²) < 4.78 is 10.8. The molecule has 0 aromatic heterocycles. The number of carbonyl (C=O) groups excluding carboxylic acids is 2. The zero-order valence-corrected chi connectivity index (χ0v) is 18.9. The third-order valence-electron chi connectivity index (χ3n) is 4.04. The maximum Gasteiger partial charge on any atom is 0.337 e. The first-order valence-corrected chi connectivity index (χ1v) is 10.3. The van der Waals surface area contributed by atoms with Gasteiger partial charge in [0.1, 0.15) is 5.75 Å². The second-order valence-electron chi connectivity index (χ2n) is 5.92. The highest BCUT2D eigenvalue weighted by atomic mass is 79.9. The summed E-state index contributed by atoms with van der Waals surface area (Å²) in [6.45, 7) is 0. The molecular formula is C20H16BrClN2O4S. The third-order valence-corrected chi connectivity index (χ3v) is 5.84. The fourth-order valence-corrected chi connectivity index (χ4v) is 4.48. The van der Waals surface area contributed by atoms with Gasteiger partial charge in [-0.25, -0.2) is 9.79 Å². The Morgan fingerprint density at radius 2 is 1.93 bits per heavy atom. The van der Waals surface area contributed by atoms with Crippen LogP contribution in [0.4, 0.5) is 5.69 Å². The van der Waals surface area contributed by atoms with Gasteiger partial charge in [-0.2, -0.15) is 0 Å². The fraction of sp³-hybridized carbons (Fsp3) is 0.150. The number of benzene rings is 2. The van der Waals surface area contributed by atoms with Gasteiger partial charge in [0.25, 0.3) is 5.91 Å². The molecule has 1 aliphatic heterocycles. The highest BCUT2D eigenvalue weighted by Gasteiger charge is 2.30. The van der Waals surface area contributed by atoms with E-state index >= 15 is 0 Å². The van der Waals surface area contributed by atoms with E-state index in [0.717, 1.165) is 4.47 Å². The lowest BCUT2D eigenvalue weighted by Gasteiger charge is -2.08. The molecule has 3 rings (SSSR count). The zero-order valence-electron chi connectivity index (χ0n) is 15.7. The van der Waals surface area contributed by atoms with Crippen LogP contribution in [0.3, 0.4) is 0 Å². The average Bonchev–Trinajstić information content (AvgIpc) is 2.95. The van der Waals surface area contributed by atoms with Crippen molar-refractivity contribution in [3.63, 3.8) is 0 Å². The number of carbonyl (C=O) groups is 2. The Kier molecular flexibility index (Phi) is 6.66. The Labute approximate surface area is 185 Å². The number of amidine groups is 1. The van der Waals surface area contributed by atoms with E-state index in [1.165, 1.54) is 30.9 Å². The number of rotatable bonds is 4. The summed E-state index contributed by atoms with van der Waals surface area (Å²) in [7, 11) is 4.51. The number of esters is 1. The Morgan fingerprint density at radius 1 is 1.24 bits per heavy atom. The molecule has 0 N–H and O–H groups in total. The second kappa shape index (κ2) is 9.02. The number of amides is 1. The van der Waals surface area contributed by atoms with E-state index in [2.05, 4.69) is 25.7 Å². The van der Waals surface area contributed by atoms with Crippen LogP contribution >= 0.6 is 39.3 Å². The number of halogens is 2. The van der Waals surface area contributed by atoms with Crippen molar-refractivity contribution in [3.8, 4) is 5.75 Å².